The van der Waals surface area contributed by atoms with E-state index in [4.69, 9.17) is 27.9 Å². The summed E-state index contributed by atoms with van der Waals surface area (Å²) in [6.45, 7) is -1.31. The molecule has 186 valence electrons. The van der Waals surface area contributed by atoms with E-state index in [2.05, 4.69) is 0 Å². The maximum Gasteiger partial charge on any atom is 0.326 e. The second kappa shape index (κ2) is 8.23. The summed E-state index contributed by atoms with van der Waals surface area (Å²) < 4.78 is 18.1. The van der Waals surface area contributed by atoms with Crippen molar-refractivity contribution < 1.29 is 28.3 Å². The zero-order chi connectivity index (χ0) is 26.1. The number of amides is 2. The average molecular weight is 538 g/mol. The summed E-state index contributed by atoms with van der Waals surface area (Å²) in [5, 5.41) is 0. The first kappa shape index (κ1) is 23.8. The van der Waals surface area contributed by atoms with E-state index in [0.29, 0.717) is 22.3 Å². The Kier molecular flexibility index (Phi) is 5.30. The molecule has 0 aromatic heterocycles. The molecule has 0 spiro atoms. The number of alkyl halides is 2. The van der Waals surface area contributed by atoms with Crippen LogP contribution in [0.1, 0.15) is 32.6 Å². The third kappa shape index (κ3) is 3.17. The van der Waals surface area contributed by atoms with E-state index in [1.54, 1.807) is 48.5 Å². The van der Waals surface area contributed by atoms with Crippen LogP contribution in [0.4, 0.5) is 4.39 Å². The van der Waals surface area contributed by atoms with Crippen LogP contribution in [-0.4, -0.2) is 41.6 Å². The second-order valence-corrected chi connectivity index (χ2v) is 10.5. The normalized spacial score (nSPS) is 26.9. The van der Waals surface area contributed by atoms with Gasteiger partial charge < -0.3 is 4.74 Å². The molecule has 0 N–H and O–H groups in total. The van der Waals surface area contributed by atoms with Crippen LogP contribution in [0.2, 0.25) is 0 Å². The maximum atomic E-state index is 13.7. The smallest absolute Gasteiger partial charge is 0.326 e. The van der Waals surface area contributed by atoms with Crippen molar-refractivity contribution in [3.8, 4) is 0 Å². The van der Waals surface area contributed by atoms with Crippen LogP contribution >= 0.6 is 23.2 Å². The van der Waals surface area contributed by atoms with E-state index in [1.165, 1.54) is 12.1 Å². The Balaban J connectivity index is 1.30. The number of esters is 1. The molecule has 2 bridgehead atoms. The first-order chi connectivity index (χ1) is 17.7. The van der Waals surface area contributed by atoms with Gasteiger partial charge in [-0.3, -0.25) is 24.1 Å². The van der Waals surface area contributed by atoms with Crippen LogP contribution in [0, 0.1) is 17.7 Å². The van der Waals surface area contributed by atoms with Gasteiger partial charge in [-0.2, -0.15) is 0 Å². The number of Topliss-reactive ketones (excluding diaryl/α,β-unsaturated/α-hetero) is 1. The van der Waals surface area contributed by atoms with Crippen LogP contribution in [0.15, 0.2) is 72.8 Å². The molecule has 1 saturated heterocycles. The van der Waals surface area contributed by atoms with E-state index >= 15 is 0 Å². The standard InChI is InChI=1S/C28H18Cl2FNO5/c29-27-17-5-1-2-6-18(17)28(30,20-8-4-3-7-19(20)27)24-23(27)25(35)32(26(24)36)13-22(34)37-14-21(33)15-9-11-16(31)12-10-15/h1-12,23-24H,13-14H2/t23-,24+,27?,28?. The van der Waals surface area contributed by atoms with E-state index in [0.717, 1.165) is 17.0 Å². The lowest BCUT2D eigenvalue weighted by Gasteiger charge is -2.54. The van der Waals surface area contributed by atoms with Gasteiger partial charge in [-0.15, -0.1) is 23.2 Å². The monoisotopic (exact) mass is 537 g/mol. The van der Waals surface area contributed by atoms with E-state index < -0.39 is 64.1 Å². The molecule has 7 rings (SSSR count). The highest BCUT2D eigenvalue weighted by atomic mass is 35.5. The fourth-order valence-corrected chi connectivity index (χ4v) is 7.02. The predicted octanol–water partition coefficient (Wildman–Crippen LogP) is 4.14. The number of carbonyl (C=O) groups excluding carboxylic acids is 4. The van der Waals surface area contributed by atoms with Crippen molar-refractivity contribution in [1.29, 1.82) is 0 Å². The first-order valence-corrected chi connectivity index (χ1v) is 12.3. The maximum absolute atomic E-state index is 13.7. The topological polar surface area (TPSA) is 80.8 Å². The van der Waals surface area contributed by atoms with Gasteiger partial charge in [0.15, 0.2) is 12.4 Å². The van der Waals surface area contributed by atoms with Crippen LogP contribution in [0.3, 0.4) is 0 Å². The molecule has 1 heterocycles. The molecule has 6 nitrogen and oxygen atoms in total. The average Bonchev–Trinajstić information content (AvgIpc) is 3.16. The van der Waals surface area contributed by atoms with E-state index in [1.807, 2.05) is 0 Å². The number of halogens is 3. The van der Waals surface area contributed by atoms with Gasteiger partial charge in [-0.25, -0.2) is 4.39 Å². The molecule has 1 aliphatic heterocycles. The molecule has 3 aromatic carbocycles. The Hall–Kier alpha value is -3.55. The number of rotatable bonds is 5. The fraction of sp³-hybridized carbons (Fsp3) is 0.214. The van der Waals surface area contributed by atoms with Crippen molar-refractivity contribution in [3.63, 3.8) is 0 Å². The highest BCUT2D eigenvalue weighted by Gasteiger charge is 2.73. The van der Waals surface area contributed by atoms with Crippen molar-refractivity contribution in [2.75, 3.05) is 13.2 Å². The van der Waals surface area contributed by atoms with Gasteiger partial charge in [-0.05, 0) is 46.5 Å². The number of ketones is 1. The Morgan fingerprint density at radius 1 is 0.784 bits per heavy atom. The lowest BCUT2D eigenvalue weighted by molar-refractivity contribution is -0.152. The van der Waals surface area contributed by atoms with Crippen molar-refractivity contribution >= 4 is 46.8 Å². The molecule has 2 atom stereocenters. The third-order valence-corrected chi connectivity index (χ3v) is 8.78. The summed E-state index contributed by atoms with van der Waals surface area (Å²) in [4.78, 5) is 50.4. The number of carbonyl (C=O) groups is 4. The van der Waals surface area contributed by atoms with Crippen LogP contribution in [0.5, 0.6) is 0 Å². The summed E-state index contributed by atoms with van der Waals surface area (Å²) in [5.74, 6) is -5.31. The molecular weight excluding hydrogens is 520 g/mol. The number of imide groups is 1. The van der Waals surface area contributed by atoms with Gasteiger partial charge in [-0.1, -0.05) is 48.5 Å². The Morgan fingerprint density at radius 2 is 1.22 bits per heavy atom. The second-order valence-electron chi connectivity index (χ2n) is 9.32. The molecule has 9 heteroatoms. The van der Waals surface area contributed by atoms with Gasteiger partial charge in [0.1, 0.15) is 22.1 Å². The summed E-state index contributed by atoms with van der Waals surface area (Å²) in [6.07, 6.45) is 0. The van der Waals surface area contributed by atoms with Crippen molar-refractivity contribution in [3.05, 3.63) is 106 Å². The predicted molar refractivity (Wildman–Crippen MR) is 132 cm³/mol. The minimum absolute atomic E-state index is 0.161. The van der Waals surface area contributed by atoms with Crippen molar-refractivity contribution in [2.45, 2.75) is 9.75 Å². The Labute approximate surface area is 220 Å². The number of nitrogens with zero attached hydrogens (tertiary/aromatic N) is 1. The molecule has 3 aliphatic carbocycles. The minimum atomic E-state index is -1.35. The Bertz CT molecular complexity index is 1380. The third-order valence-electron chi connectivity index (χ3n) is 7.49. The molecule has 0 saturated carbocycles. The molecular formula is C28H18Cl2FNO5. The van der Waals surface area contributed by atoms with Crippen LogP contribution in [-0.2, 0) is 28.9 Å². The SMILES string of the molecule is O=C(CN1C(=O)[C@@H]2[C@H](C1=O)C1(Cl)c3ccccc3C2(Cl)c2ccccc21)OCC(=O)c1ccc(F)cc1. The van der Waals surface area contributed by atoms with Gasteiger partial charge in [0.2, 0.25) is 11.8 Å². The Morgan fingerprint density at radius 3 is 1.65 bits per heavy atom. The number of hydrogen-bond donors (Lipinski definition) is 0. The zero-order valence-electron chi connectivity index (χ0n) is 19.1. The largest absolute Gasteiger partial charge is 0.456 e. The molecule has 2 amide bonds. The summed E-state index contributed by atoms with van der Waals surface area (Å²) in [7, 11) is 0. The molecule has 4 aliphatic rings. The molecule has 37 heavy (non-hydrogen) atoms. The fourth-order valence-electron chi connectivity index (χ4n) is 5.92. The summed E-state index contributed by atoms with van der Waals surface area (Å²) in [5.41, 5.74) is 2.78. The highest BCUT2D eigenvalue weighted by Crippen LogP contribution is 2.69. The molecule has 0 unspecified atom stereocenters. The number of ether oxygens (including phenoxy) is 1. The van der Waals surface area contributed by atoms with Crippen LogP contribution < -0.4 is 0 Å². The quantitative estimate of drug-likeness (QED) is 0.211. The van der Waals surface area contributed by atoms with E-state index in [-0.39, 0.29) is 5.56 Å². The minimum Gasteiger partial charge on any atom is -0.456 e. The first-order valence-electron chi connectivity index (χ1n) is 11.6. The van der Waals surface area contributed by atoms with Gasteiger partial charge >= 0.3 is 5.97 Å². The molecule has 1 fully saturated rings. The number of hydrogen-bond acceptors (Lipinski definition) is 5. The number of likely N-dealkylation sites (tertiary alicyclic amines) is 1. The molecule has 0 radical (unpaired) electrons. The molecule has 3 aromatic rings. The van der Waals surface area contributed by atoms with Crippen LogP contribution in [0.25, 0.3) is 0 Å². The van der Waals surface area contributed by atoms with E-state index in [9.17, 15) is 23.6 Å². The lowest BCUT2D eigenvalue weighted by atomic mass is 9.54. The summed E-state index contributed by atoms with van der Waals surface area (Å²) in [6, 6.07) is 19.2. The van der Waals surface area contributed by atoms with Crippen molar-refractivity contribution in [1.82, 2.24) is 4.90 Å². The van der Waals surface area contributed by atoms with Gasteiger partial charge in [0.05, 0.1) is 11.8 Å². The van der Waals surface area contributed by atoms with Crippen molar-refractivity contribution in [2.24, 2.45) is 11.8 Å². The zero-order valence-corrected chi connectivity index (χ0v) is 20.6. The van der Waals surface area contributed by atoms with Gasteiger partial charge in [0, 0.05) is 5.56 Å². The number of benzene rings is 3. The van der Waals surface area contributed by atoms with Gasteiger partial charge in [0.25, 0.3) is 0 Å². The lowest BCUT2D eigenvalue weighted by Crippen LogP contribution is -2.57. The summed E-state index contributed by atoms with van der Waals surface area (Å²) >= 11 is 14.6. The highest BCUT2D eigenvalue weighted by molar-refractivity contribution is 6.36.